The summed E-state index contributed by atoms with van der Waals surface area (Å²) in [6, 6.07) is 0.244. The van der Waals surface area contributed by atoms with Crippen LogP contribution in [0.4, 0.5) is 5.95 Å². The van der Waals surface area contributed by atoms with E-state index in [1.54, 1.807) is 7.11 Å². The number of nitrogens with one attached hydrogen (secondary N) is 1. The van der Waals surface area contributed by atoms with Crippen LogP contribution in [0.25, 0.3) is 0 Å². The van der Waals surface area contributed by atoms with Crippen LogP contribution in [0.3, 0.4) is 0 Å². The molecule has 0 spiro atoms. The first-order valence-corrected chi connectivity index (χ1v) is 6.59. The lowest BCUT2D eigenvalue weighted by Crippen LogP contribution is -2.43. The summed E-state index contributed by atoms with van der Waals surface area (Å²) < 4.78 is 5.12. The molecule has 6 heteroatoms. The fourth-order valence-electron chi connectivity index (χ4n) is 2.38. The second-order valence-corrected chi connectivity index (χ2v) is 5.20. The number of rotatable bonds is 5. The minimum Gasteiger partial charge on any atom is -0.384 e. The third-order valence-corrected chi connectivity index (χ3v) is 3.25. The molecule has 2 heterocycles. The van der Waals surface area contributed by atoms with Crippen molar-refractivity contribution in [3.8, 4) is 0 Å². The lowest BCUT2D eigenvalue weighted by molar-refractivity contribution is 0.159. The number of aromatic amines is 1. The molecule has 18 heavy (non-hydrogen) atoms. The van der Waals surface area contributed by atoms with E-state index in [0.29, 0.717) is 5.92 Å². The molecule has 0 amide bonds. The van der Waals surface area contributed by atoms with Crippen LogP contribution in [0.2, 0.25) is 0 Å². The Labute approximate surface area is 108 Å². The van der Waals surface area contributed by atoms with E-state index in [0.717, 1.165) is 50.7 Å². The van der Waals surface area contributed by atoms with Gasteiger partial charge in [0.2, 0.25) is 5.95 Å². The van der Waals surface area contributed by atoms with Crippen molar-refractivity contribution < 1.29 is 4.74 Å². The Morgan fingerprint density at radius 1 is 1.61 bits per heavy atom. The van der Waals surface area contributed by atoms with Gasteiger partial charge in [0.25, 0.3) is 0 Å². The van der Waals surface area contributed by atoms with Gasteiger partial charge in [0, 0.05) is 39.3 Å². The maximum atomic E-state index is 5.97. The highest BCUT2D eigenvalue weighted by atomic mass is 16.5. The Balaban J connectivity index is 1.92. The van der Waals surface area contributed by atoms with Crippen molar-refractivity contribution >= 4 is 5.95 Å². The van der Waals surface area contributed by atoms with Gasteiger partial charge in [0.1, 0.15) is 5.82 Å². The second kappa shape index (κ2) is 6.15. The fraction of sp³-hybridized carbons (Fsp3) is 0.833. The van der Waals surface area contributed by atoms with Gasteiger partial charge in [0.15, 0.2) is 0 Å². The molecule has 1 saturated heterocycles. The number of hydrogen-bond acceptors (Lipinski definition) is 5. The number of nitrogens with zero attached hydrogens (tertiary/aromatic N) is 3. The van der Waals surface area contributed by atoms with Crippen molar-refractivity contribution in [3.05, 3.63) is 5.82 Å². The molecule has 3 N–H and O–H groups in total. The number of anilines is 1. The number of methoxy groups -OCH3 is 1. The van der Waals surface area contributed by atoms with Crippen molar-refractivity contribution in [2.24, 2.45) is 11.7 Å². The molecule has 6 nitrogen and oxygen atoms in total. The summed E-state index contributed by atoms with van der Waals surface area (Å²) in [5.41, 5.74) is 5.97. The topological polar surface area (TPSA) is 80.1 Å². The molecular weight excluding hydrogens is 230 g/mol. The van der Waals surface area contributed by atoms with Gasteiger partial charge >= 0.3 is 0 Å². The van der Waals surface area contributed by atoms with Gasteiger partial charge in [-0.2, -0.15) is 4.98 Å². The SMILES string of the molecule is COCC(C)Cc1nc(N2CCCC(N)C2)n[nH]1. The number of H-pyrrole nitrogens is 1. The third kappa shape index (κ3) is 3.43. The van der Waals surface area contributed by atoms with Gasteiger partial charge in [-0.15, -0.1) is 5.10 Å². The average molecular weight is 253 g/mol. The zero-order chi connectivity index (χ0) is 13.0. The smallest absolute Gasteiger partial charge is 0.244 e. The number of piperidine rings is 1. The highest BCUT2D eigenvalue weighted by Gasteiger charge is 2.20. The summed E-state index contributed by atoms with van der Waals surface area (Å²) in [4.78, 5) is 6.70. The molecule has 2 rings (SSSR count). The maximum Gasteiger partial charge on any atom is 0.244 e. The first kappa shape index (κ1) is 13.3. The summed E-state index contributed by atoms with van der Waals surface area (Å²) in [7, 11) is 1.72. The molecular formula is C12H23N5O. The highest BCUT2D eigenvalue weighted by Crippen LogP contribution is 2.15. The summed E-state index contributed by atoms with van der Waals surface area (Å²) in [5.74, 6) is 2.15. The summed E-state index contributed by atoms with van der Waals surface area (Å²) in [5, 5.41) is 7.29. The van der Waals surface area contributed by atoms with Gasteiger partial charge in [-0.05, 0) is 18.8 Å². The van der Waals surface area contributed by atoms with E-state index in [2.05, 4.69) is 27.0 Å². The largest absolute Gasteiger partial charge is 0.384 e. The minimum absolute atomic E-state index is 0.244. The van der Waals surface area contributed by atoms with Gasteiger partial charge in [-0.3, -0.25) is 5.10 Å². The van der Waals surface area contributed by atoms with Crippen LogP contribution in [-0.4, -0.2) is 48.0 Å². The van der Waals surface area contributed by atoms with Crippen LogP contribution in [0.1, 0.15) is 25.6 Å². The first-order valence-electron chi connectivity index (χ1n) is 6.59. The molecule has 102 valence electrons. The van der Waals surface area contributed by atoms with Crippen LogP contribution in [0.5, 0.6) is 0 Å². The Morgan fingerprint density at radius 2 is 2.44 bits per heavy atom. The van der Waals surface area contributed by atoms with E-state index in [-0.39, 0.29) is 6.04 Å². The Bertz CT molecular complexity index is 367. The van der Waals surface area contributed by atoms with Crippen LogP contribution >= 0.6 is 0 Å². The van der Waals surface area contributed by atoms with E-state index in [4.69, 9.17) is 10.5 Å². The van der Waals surface area contributed by atoms with Crippen molar-refractivity contribution in [1.29, 1.82) is 0 Å². The predicted octanol–water partition coefficient (Wildman–Crippen LogP) is 0.557. The van der Waals surface area contributed by atoms with Crippen LogP contribution in [0, 0.1) is 5.92 Å². The molecule has 0 aliphatic carbocycles. The first-order chi connectivity index (χ1) is 8.69. The maximum absolute atomic E-state index is 5.97. The van der Waals surface area contributed by atoms with E-state index >= 15 is 0 Å². The number of nitrogens with two attached hydrogens (primary N) is 1. The van der Waals surface area contributed by atoms with Crippen molar-refractivity contribution in [2.45, 2.75) is 32.2 Å². The summed E-state index contributed by atoms with van der Waals surface area (Å²) >= 11 is 0. The number of ether oxygens (including phenoxy) is 1. The summed E-state index contributed by atoms with van der Waals surface area (Å²) in [6.07, 6.45) is 3.07. The average Bonchev–Trinajstić information content (AvgIpc) is 2.78. The molecule has 0 saturated carbocycles. The van der Waals surface area contributed by atoms with Gasteiger partial charge in [-0.1, -0.05) is 6.92 Å². The van der Waals surface area contributed by atoms with E-state index in [9.17, 15) is 0 Å². The number of hydrogen-bond donors (Lipinski definition) is 2. The Morgan fingerprint density at radius 3 is 3.17 bits per heavy atom. The van der Waals surface area contributed by atoms with Crippen LogP contribution < -0.4 is 10.6 Å². The quantitative estimate of drug-likeness (QED) is 0.801. The zero-order valence-corrected chi connectivity index (χ0v) is 11.2. The van der Waals surface area contributed by atoms with Gasteiger partial charge < -0.3 is 15.4 Å². The minimum atomic E-state index is 0.244. The Hall–Kier alpha value is -1.14. The molecule has 1 aliphatic heterocycles. The molecule has 1 aromatic rings. The standard InChI is InChI=1S/C12H23N5O/c1-9(8-18-2)6-11-14-12(16-15-11)17-5-3-4-10(13)7-17/h9-10H,3-8,13H2,1-2H3,(H,14,15,16). The number of aromatic nitrogens is 3. The van der Waals surface area contributed by atoms with Crippen molar-refractivity contribution in [2.75, 3.05) is 31.7 Å². The second-order valence-electron chi connectivity index (χ2n) is 5.20. The molecule has 1 fully saturated rings. The van der Waals surface area contributed by atoms with E-state index in [1.165, 1.54) is 0 Å². The molecule has 2 unspecified atom stereocenters. The van der Waals surface area contributed by atoms with Crippen molar-refractivity contribution in [1.82, 2.24) is 15.2 Å². The third-order valence-electron chi connectivity index (χ3n) is 3.25. The van der Waals surface area contributed by atoms with Crippen LogP contribution in [0.15, 0.2) is 0 Å². The molecule has 0 radical (unpaired) electrons. The van der Waals surface area contributed by atoms with Crippen molar-refractivity contribution in [3.63, 3.8) is 0 Å². The normalized spacial score (nSPS) is 22.2. The molecule has 0 bridgehead atoms. The Kier molecular flexibility index (Phi) is 4.54. The summed E-state index contributed by atoms with van der Waals surface area (Å²) in [6.45, 7) is 4.73. The molecule has 1 aliphatic rings. The highest BCUT2D eigenvalue weighted by molar-refractivity contribution is 5.29. The predicted molar refractivity (Wildman–Crippen MR) is 70.5 cm³/mol. The van der Waals surface area contributed by atoms with E-state index < -0.39 is 0 Å². The van der Waals surface area contributed by atoms with E-state index in [1.807, 2.05) is 0 Å². The van der Waals surface area contributed by atoms with Gasteiger partial charge in [0.05, 0.1) is 0 Å². The molecule has 0 aromatic carbocycles. The lowest BCUT2D eigenvalue weighted by atomic mass is 10.1. The van der Waals surface area contributed by atoms with Gasteiger partial charge in [-0.25, -0.2) is 0 Å². The zero-order valence-electron chi connectivity index (χ0n) is 11.2. The fourth-order valence-corrected chi connectivity index (χ4v) is 2.38. The molecule has 1 aromatic heterocycles. The lowest BCUT2D eigenvalue weighted by Gasteiger charge is -2.29. The van der Waals surface area contributed by atoms with Crippen LogP contribution in [-0.2, 0) is 11.2 Å². The molecule has 2 atom stereocenters. The monoisotopic (exact) mass is 253 g/mol.